The molecule has 4 aromatic rings. The summed E-state index contributed by atoms with van der Waals surface area (Å²) >= 11 is 3.53. The second-order valence-corrected chi connectivity index (χ2v) is 7.90. The highest BCUT2D eigenvalue weighted by molar-refractivity contribution is 9.10. The molecule has 0 aliphatic carbocycles. The molecule has 8 heteroatoms. The number of hydrogen-bond acceptors (Lipinski definition) is 5. The molecule has 7 nitrogen and oxygen atoms in total. The summed E-state index contributed by atoms with van der Waals surface area (Å²) in [6.07, 6.45) is 3.76. The first-order valence-corrected chi connectivity index (χ1v) is 10.6. The van der Waals surface area contributed by atoms with E-state index in [0.29, 0.717) is 22.7 Å². The maximum atomic E-state index is 12.2. The number of nitro groups is 1. The average molecular weight is 492 g/mol. The number of oxazole rings is 1. The van der Waals surface area contributed by atoms with Crippen LogP contribution in [0.4, 0.5) is 11.4 Å². The summed E-state index contributed by atoms with van der Waals surface area (Å²) in [5.41, 5.74) is 4.58. The number of aryl methyl sites for hydroxylation is 1. The standard InChI is InChI=1S/C24H18BrN3O4/c1-2-15-13-20(25)23-21(14-15)27-24(32-23)17-7-9-18(10-8-17)26-22(29)11-6-16-4-3-5-19(12-16)28(30)31/h3-14H,2H2,1H3,(H,26,29)/b11-6+. The number of benzene rings is 3. The predicted molar refractivity (Wildman–Crippen MR) is 127 cm³/mol. The van der Waals surface area contributed by atoms with Crippen molar-refractivity contribution in [3.63, 3.8) is 0 Å². The third kappa shape index (κ3) is 4.76. The Labute approximate surface area is 192 Å². The minimum Gasteiger partial charge on any atom is -0.435 e. The van der Waals surface area contributed by atoms with Crippen LogP contribution in [0.1, 0.15) is 18.1 Å². The number of amides is 1. The Balaban J connectivity index is 1.46. The summed E-state index contributed by atoms with van der Waals surface area (Å²) in [5, 5.41) is 13.6. The fourth-order valence-electron chi connectivity index (χ4n) is 3.17. The molecule has 32 heavy (non-hydrogen) atoms. The Hall–Kier alpha value is -3.78. The Kier molecular flexibility index (Phi) is 6.13. The van der Waals surface area contributed by atoms with Gasteiger partial charge in [0.15, 0.2) is 5.58 Å². The first-order chi connectivity index (χ1) is 15.4. The van der Waals surface area contributed by atoms with Crippen LogP contribution in [0.3, 0.4) is 0 Å². The molecular formula is C24H18BrN3O4. The highest BCUT2D eigenvalue weighted by atomic mass is 79.9. The molecule has 1 aromatic heterocycles. The van der Waals surface area contributed by atoms with Crippen molar-refractivity contribution in [2.24, 2.45) is 0 Å². The lowest BCUT2D eigenvalue weighted by atomic mass is 10.1. The summed E-state index contributed by atoms with van der Waals surface area (Å²) < 4.78 is 6.78. The maximum Gasteiger partial charge on any atom is 0.270 e. The second kappa shape index (κ2) is 9.15. The molecule has 1 N–H and O–H groups in total. The quantitative estimate of drug-likeness (QED) is 0.191. The van der Waals surface area contributed by atoms with Gasteiger partial charge in [0.05, 0.1) is 9.40 Å². The molecule has 160 valence electrons. The van der Waals surface area contributed by atoms with Crippen molar-refractivity contribution in [2.75, 3.05) is 5.32 Å². The molecule has 4 rings (SSSR count). The van der Waals surface area contributed by atoms with Gasteiger partial charge in [0, 0.05) is 29.5 Å². The largest absolute Gasteiger partial charge is 0.435 e. The lowest BCUT2D eigenvalue weighted by Crippen LogP contribution is -2.07. The van der Waals surface area contributed by atoms with Crippen LogP contribution in [0.25, 0.3) is 28.6 Å². The van der Waals surface area contributed by atoms with Gasteiger partial charge in [-0.25, -0.2) is 4.98 Å². The van der Waals surface area contributed by atoms with Crippen LogP contribution < -0.4 is 5.32 Å². The number of nitro benzene ring substituents is 1. The first-order valence-electron chi connectivity index (χ1n) is 9.86. The third-order valence-electron chi connectivity index (χ3n) is 4.82. The molecule has 3 aromatic carbocycles. The number of carbonyl (C=O) groups is 1. The number of halogens is 1. The summed E-state index contributed by atoms with van der Waals surface area (Å²) in [6, 6.07) is 17.3. The van der Waals surface area contributed by atoms with Crippen molar-refractivity contribution in [2.45, 2.75) is 13.3 Å². The van der Waals surface area contributed by atoms with Crippen LogP contribution in [0.2, 0.25) is 0 Å². The number of nitrogens with one attached hydrogen (secondary N) is 1. The molecular weight excluding hydrogens is 474 g/mol. The molecule has 0 atom stereocenters. The zero-order valence-electron chi connectivity index (χ0n) is 17.0. The van der Waals surface area contributed by atoms with E-state index in [2.05, 4.69) is 33.2 Å². The third-order valence-corrected chi connectivity index (χ3v) is 5.41. The van der Waals surface area contributed by atoms with Gasteiger partial charge in [0.25, 0.3) is 5.69 Å². The lowest BCUT2D eigenvalue weighted by Gasteiger charge is -2.03. The average Bonchev–Trinajstić information content (AvgIpc) is 3.23. The highest BCUT2D eigenvalue weighted by Gasteiger charge is 2.12. The SMILES string of the molecule is CCc1cc(Br)c2oc(-c3ccc(NC(=O)/C=C/c4cccc([N+](=O)[O-])c4)cc3)nc2c1. The van der Waals surface area contributed by atoms with Crippen LogP contribution in [-0.2, 0) is 11.2 Å². The summed E-state index contributed by atoms with van der Waals surface area (Å²) in [4.78, 5) is 27.2. The molecule has 0 bridgehead atoms. The van der Waals surface area contributed by atoms with Crippen molar-refractivity contribution >= 4 is 50.4 Å². The first kappa shape index (κ1) is 21.5. The number of non-ortho nitro benzene ring substituents is 1. The number of hydrogen-bond donors (Lipinski definition) is 1. The second-order valence-electron chi connectivity index (χ2n) is 7.05. The van der Waals surface area contributed by atoms with E-state index in [9.17, 15) is 14.9 Å². The van der Waals surface area contributed by atoms with Crippen LogP contribution >= 0.6 is 15.9 Å². The molecule has 0 aliphatic heterocycles. The fraction of sp³-hybridized carbons (Fsp3) is 0.0833. The normalized spacial score (nSPS) is 11.2. The van der Waals surface area contributed by atoms with Crippen molar-refractivity contribution in [3.05, 3.63) is 92.5 Å². The van der Waals surface area contributed by atoms with E-state index in [1.54, 1.807) is 24.3 Å². The van der Waals surface area contributed by atoms with Crippen molar-refractivity contribution in [1.82, 2.24) is 4.98 Å². The van der Waals surface area contributed by atoms with E-state index in [1.807, 2.05) is 24.3 Å². The van der Waals surface area contributed by atoms with Gasteiger partial charge in [-0.15, -0.1) is 0 Å². The molecule has 1 heterocycles. The minimum absolute atomic E-state index is 0.0275. The molecule has 0 aliphatic rings. The van der Waals surface area contributed by atoms with E-state index >= 15 is 0 Å². The summed E-state index contributed by atoms with van der Waals surface area (Å²) in [5.74, 6) is 0.152. The van der Waals surface area contributed by atoms with Gasteiger partial charge in [0.1, 0.15) is 5.52 Å². The number of nitrogens with zero attached hydrogens (tertiary/aromatic N) is 2. The van der Waals surface area contributed by atoms with E-state index in [0.717, 1.165) is 22.0 Å². The molecule has 0 fully saturated rings. The maximum absolute atomic E-state index is 12.2. The summed E-state index contributed by atoms with van der Waals surface area (Å²) in [7, 11) is 0. The monoisotopic (exact) mass is 491 g/mol. The van der Waals surface area contributed by atoms with Crippen molar-refractivity contribution in [3.8, 4) is 11.5 Å². The predicted octanol–water partition coefficient (Wildman–Crippen LogP) is 6.38. The number of fused-ring (bicyclic) bond motifs is 1. The van der Waals surface area contributed by atoms with E-state index < -0.39 is 4.92 Å². The Morgan fingerprint density at radius 1 is 1.19 bits per heavy atom. The van der Waals surface area contributed by atoms with Crippen molar-refractivity contribution < 1.29 is 14.1 Å². The van der Waals surface area contributed by atoms with E-state index in [1.165, 1.54) is 29.8 Å². The van der Waals surface area contributed by atoms with Gasteiger partial charge in [-0.3, -0.25) is 14.9 Å². The molecule has 0 spiro atoms. The van der Waals surface area contributed by atoms with Gasteiger partial charge in [-0.2, -0.15) is 0 Å². The topological polar surface area (TPSA) is 98.3 Å². The van der Waals surface area contributed by atoms with Crippen LogP contribution in [0.5, 0.6) is 0 Å². The van der Waals surface area contributed by atoms with Gasteiger partial charge in [-0.1, -0.05) is 19.1 Å². The van der Waals surface area contributed by atoms with Crippen LogP contribution in [0.15, 0.2) is 75.6 Å². The highest BCUT2D eigenvalue weighted by Crippen LogP contribution is 2.31. The van der Waals surface area contributed by atoms with Gasteiger partial charge in [0.2, 0.25) is 11.8 Å². The fourth-order valence-corrected chi connectivity index (χ4v) is 3.75. The van der Waals surface area contributed by atoms with E-state index in [4.69, 9.17) is 4.42 Å². The van der Waals surface area contributed by atoms with Gasteiger partial charge in [-0.05, 0) is 76.0 Å². The Morgan fingerprint density at radius 3 is 2.69 bits per heavy atom. The number of aromatic nitrogens is 1. The van der Waals surface area contributed by atoms with Crippen LogP contribution in [0, 0.1) is 10.1 Å². The minimum atomic E-state index is -0.475. The molecule has 0 saturated heterocycles. The van der Waals surface area contributed by atoms with E-state index in [-0.39, 0.29) is 11.6 Å². The van der Waals surface area contributed by atoms with Crippen LogP contribution in [-0.4, -0.2) is 15.8 Å². The van der Waals surface area contributed by atoms with Gasteiger partial charge >= 0.3 is 0 Å². The smallest absolute Gasteiger partial charge is 0.270 e. The number of anilines is 1. The van der Waals surface area contributed by atoms with Gasteiger partial charge < -0.3 is 9.73 Å². The summed E-state index contributed by atoms with van der Waals surface area (Å²) in [6.45, 7) is 2.08. The Bertz CT molecular complexity index is 1340. The molecule has 0 saturated carbocycles. The molecule has 0 unspecified atom stereocenters. The number of rotatable bonds is 6. The molecule has 1 amide bonds. The Morgan fingerprint density at radius 2 is 1.97 bits per heavy atom. The zero-order chi connectivity index (χ0) is 22.7. The zero-order valence-corrected chi connectivity index (χ0v) is 18.6. The number of carbonyl (C=O) groups excluding carboxylic acids is 1. The molecule has 0 radical (unpaired) electrons. The van der Waals surface area contributed by atoms with Crippen molar-refractivity contribution in [1.29, 1.82) is 0 Å². The lowest BCUT2D eigenvalue weighted by molar-refractivity contribution is -0.384.